The van der Waals surface area contributed by atoms with Gasteiger partial charge in [0.15, 0.2) is 0 Å². The number of aliphatic hydroxyl groups is 1. The fourth-order valence-corrected chi connectivity index (χ4v) is 3.30. The number of aromatic nitrogens is 1. The quantitative estimate of drug-likeness (QED) is 0.693. The molecular weight excluding hydrogens is 314 g/mol. The molecule has 0 bridgehead atoms. The lowest BCUT2D eigenvalue weighted by atomic mass is 9.93. The van der Waals surface area contributed by atoms with Crippen molar-refractivity contribution in [3.63, 3.8) is 0 Å². The molecule has 23 heavy (non-hydrogen) atoms. The smallest absolute Gasteiger partial charge is 0.315 e. The summed E-state index contributed by atoms with van der Waals surface area (Å²) in [6, 6.07) is 5.82. The van der Waals surface area contributed by atoms with Crippen LogP contribution in [0.15, 0.2) is 24.4 Å². The van der Waals surface area contributed by atoms with Crippen molar-refractivity contribution >= 4 is 28.5 Å². The van der Waals surface area contributed by atoms with E-state index in [1.165, 1.54) is 0 Å². The number of urea groups is 1. The number of carbonyl (C=O) groups is 1. The molecule has 1 aliphatic carbocycles. The lowest BCUT2D eigenvalue weighted by Crippen LogP contribution is -2.44. The molecule has 0 atom stereocenters. The van der Waals surface area contributed by atoms with Crippen LogP contribution in [0.3, 0.4) is 0 Å². The van der Waals surface area contributed by atoms with Crippen LogP contribution in [0, 0.1) is 0 Å². The third kappa shape index (κ3) is 4.18. The van der Waals surface area contributed by atoms with Gasteiger partial charge in [0.2, 0.25) is 0 Å². The highest BCUT2D eigenvalue weighted by Crippen LogP contribution is 2.22. The number of rotatable bonds is 4. The minimum absolute atomic E-state index is 0.130. The lowest BCUT2D eigenvalue weighted by molar-refractivity contribution is 0.117. The standard InChI is InChI=1S/C17H22ClN3O2/c18-12-1-6-15-11(10-20-16(15)9-12)7-8-19-17(23)21-13-2-4-14(22)5-3-13/h1,6,9-10,13-14,20,22H,2-5,7-8H2,(H2,19,21,23). The first-order chi connectivity index (χ1) is 11.1. The minimum Gasteiger partial charge on any atom is -0.393 e. The number of hydrogen-bond acceptors (Lipinski definition) is 2. The van der Waals surface area contributed by atoms with Gasteiger partial charge in [-0.2, -0.15) is 0 Å². The number of carbonyl (C=O) groups excluding carboxylic acids is 1. The van der Waals surface area contributed by atoms with Crippen LogP contribution in [0.1, 0.15) is 31.2 Å². The van der Waals surface area contributed by atoms with Gasteiger partial charge < -0.3 is 20.7 Å². The van der Waals surface area contributed by atoms with Gasteiger partial charge in [-0.3, -0.25) is 0 Å². The van der Waals surface area contributed by atoms with E-state index in [0.717, 1.165) is 48.6 Å². The summed E-state index contributed by atoms with van der Waals surface area (Å²) in [5.41, 5.74) is 2.18. The third-order valence-electron chi connectivity index (χ3n) is 4.44. The third-order valence-corrected chi connectivity index (χ3v) is 4.68. The molecule has 0 unspecified atom stereocenters. The summed E-state index contributed by atoms with van der Waals surface area (Å²) >= 11 is 5.97. The fraction of sp³-hybridized carbons (Fsp3) is 0.471. The highest BCUT2D eigenvalue weighted by molar-refractivity contribution is 6.31. The number of aromatic amines is 1. The second kappa shape index (κ2) is 7.23. The van der Waals surface area contributed by atoms with Crippen LogP contribution in [-0.4, -0.2) is 34.8 Å². The van der Waals surface area contributed by atoms with E-state index in [9.17, 15) is 9.90 Å². The average Bonchev–Trinajstić information content (AvgIpc) is 2.92. The number of fused-ring (bicyclic) bond motifs is 1. The van der Waals surface area contributed by atoms with E-state index in [1.54, 1.807) is 0 Å². The Bertz CT molecular complexity index is 678. The molecule has 4 N–H and O–H groups in total. The first kappa shape index (κ1) is 16.1. The monoisotopic (exact) mass is 335 g/mol. The van der Waals surface area contributed by atoms with Crippen molar-refractivity contribution in [2.45, 2.75) is 44.2 Å². The molecule has 1 aliphatic rings. The van der Waals surface area contributed by atoms with Gasteiger partial charge in [-0.1, -0.05) is 17.7 Å². The molecule has 2 aromatic rings. The minimum atomic E-state index is -0.202. The summed E-state index contributed by atoms with van der Waals surface area (Å²) in [7, 11) is 0. The van der Waals surface area contributed by atoms with Crippen LogP contribution in [0.4, 0.5) is 4.79 Å². The number of halogens is 1. The molecule has 1 fully saturated rings. The van der Waals surface area contributed by atoms with Gasteiger partial charge in [-0.15, -0.1) is 0 Å². The molecule has 124 valence electrons. The van der Waals surface area contributed by atoms with Crippen LogP contribution in [-0.2, 0) is 6.42 Å². The van der Waals surface area contributed by atoms with Crippen LogP contribution in [0.2, 0.25) is 5.02 Å². The number of aliphatic hydroxyl groups excluding tert-OH is 1. The van der Waals surface area contributed by atoms with Gasteiger partial charge in [0.05, 0.1) is 6.10 Å². The van der Waals surface area contributed by atoms with E-state index in [-0.39, 0.29) is 18.2 Å². The number of nitrogens with one attached hydrogen (secondary N) is 3. The Morgan fingerprint density at radius 1 is 1.30 bits per heavy atom. The van der Waals surface area contributed by atoms with Gasteiger partial charge in [-0.25, -0.2) is 4.79 Å². The molecule has 1 heterocycles. The van der Waals surface area contributed by atoms with Crippen molar-refractivity contribution in [2.24, 2.45) is 0 Å². The normalized spacial score (nSPS) is 21.3. The van der Waals surface area contributed by atoms with Crippen LogP contribution in [0.5, 0.6) is 0 Å². The molecule has 1 aromatic carbocycles. The van der Waals surface area contributed by atoms with Crippen LogP contribution >= 0.6 is 11.6 Å². The summed E-state index contributed by atoms with van der Waals surface area (Å²) in [6.45, 7) is 0.580. The molecular formula is C17H22ClN3O2. The zero-order chi connectivity index (χ0) is 16.2. The van der Waals surface area contributed by atoms with Gasteiger partial charge in [0.1, 0.15) is 0 Å². The Labute approximate surface area is 140 Å². The Kier molecular flexibility index (Phi) is 5.08. The molecule has 3 rings (SSSR count). The summed E-state index contributed by atoms with van der Waals surface area (Å²) < 4.78 is 0. The van der Waals surface area contributed by atoms with Crippen molar-refractivity contribution < 1.29 is 9.90 Å². The maximum absolute atomic E-state index is 11.9. The summed E-state index contributed by atoms with van der Waals surface area (Å²) in [4.78, 5) is 15.1. The highest BCUT2D eigenvalue weighted by Gasteiger charge is 2.20. The summed E-state index contributed by atoms with van der Waals surface area (Å²) in [5.74, 6) is 0. The van der Waals surface area contributed by atoms with E-state index in [4.69, 9.17) is 11.6 Å². The molecule has 5 nitrogen and oxygen atoms in total. The average molecular weight is 336 g/mol. The Morgan fingerprint density at radius 2 is 2.09 bits per heavy atom. The lowest BCUT2D eigenvalue weighted by Gasteiger charge is -2.26. The molecule has 0 radical (unpaired) electrons. The Balaban J connectivity index is 1.46. The van der Waals surface area contributed by atoms with Crippen molar-refractivity contribution in [1.29, 1.82) is 0 Å². The predicted molar refractivity (Wildman–Crippen MR) is 91.8 cm³/mol. The fourth-order valence-electron chi connectivity index (χ4n) is 3.13. The van der Waals surface area contributed by atoms with Crippen LogP contribution < -0.4 is 10.6 Å². The first-order valence-corrected chi connectivity index (χ1v) is 8.47. The largest absolute Gasteiger partial charge is 0.393 e. The molecule has 0 saturated heterocycles. The number of hydrogen-bond donors (Lipinski definition) is 4. The van der Waals surface area contributed by atoms with Gasteiger partial charge in [-0.05, 0) is 49.8 Å². The Morgan fingerprint density at radius 3 is 2.87 bits per heavy atom. The maximum Gasteiger partial charge on any atom is 0.315 e. The molecule has 1 aromatic heterocycles. The van der Waals surface area contributed by atoms with Crippen molar-refractivity contribution in [3.05, 3.63) is 35.0 Å². The first-order valence-electron chi connectivity index (χ1n) is 8.10. The predicted octanol–water partition coefficient (Wildman–Crippen LogP) is 2.97. The zero-order valence-electron chi connectivity index (χ0n) is 12.9. The molecule has 0 aliphatic heterocycles. The molecule has 6 heteroatoms. The van der Waals surface area contributed by atoms with E-state index >= 15 is 0 Å². The summed E-state index contributed by atoms with van der Waals surface area (Å²) in [6.07, 6.45) is 5.74. The van der Waals surface area contributed by atoms with Gasteiger partial charge >= 0.3 is 6.03 Å². The molecule has 1 saturated carbocycles. The molecule has 0 spiro atoms. The van der Waals surface area contributed by atoms with E-state index < -0.39 is 0 Å². The van der Waals surface area contributed by atoms with Gasteiger partial charge in [0.25, 0.3) is 0 Å². The maximum atomic E-state index is 11.9. The van der Waals surface area contributed by atoms with E-state index in [2.05, 4.69) is 15.6 Å². The second-order valence-corrected chi connectivity index (χ2v) is 6.60. The Hall–Kier alpha value is -1.72. The van der Waals surface area contributed by atoms with E-state index in [1.807, 2.05) is 24.4 Å². The second-order valence-electron chi connectivity index (χ2n) is 6.16. The van der Waals surface area contributed by atoms with Crippen molar-refractivity contribution in [2.75, 3.05) is 6.54 Å². The topological polar surface area (TPSA) is 77.2 Å². The summed E-state index contributed by atoms with van der Waals surface area (Å²) in [5, 5.41) is 17.2. The van der Waals surface area contributed by atoms with Crippen molar-refractivity contribution in [1.82, 2.24) is 15.6 Å². The zero-order valence-corrected chi connectivity index (χ0v) is 13.7. The number of H-pyrrole nitrogens is 1. The van der Waals surface area contributed by atoms with Crippen molar-refractivity contribution in [3.8, 4) is 0 Å². The van der Waals surface area contributed by atoms with E-state index in [0.29, 0.717) is 11.6 Å². The number of amides is 2. The number of benzene rings is 1. The molecule has 2 amide bonds. The van der Waals surface area contributed by atoms with Crippen LogP contribution in [0.25, 0.3) is 10.9 Å². The van der Waals surface area contributed by atoms with Gasteiger partial charge in [0, 0.05) is 34.7 Å². The highest BCUT2D eigenvalue weighted by atomic mass is 35.5. The SMILES string of the molecule is O=C(NCCc1c[nH]c2cc(Cl)ccc12)NC1CCC(O)CC1.